The SMILES string of the molecule is O=C(O)c1cc(Sc2ncc(Cl)cc2[N+](=O)[O-])cs1. The minimum Gasteiger partial charge on any atom is -0.477 e. The van der Waals surface area contributed by atoms with E-state index in [2.05, 4.69) is 4.98 Å². The molecule has 0 fully saturated rings. The molecule has 0 aliphatic carbocycles. The third kappa shape index (κ3) is 3.22. The molecule has 2 heterocycles. The molecule has 0 aliphatic heterocycles. The molecule has 1 N–H and O–H groups in total. The van der Waals surface area contributed by atoms with Crippen LogP contribution in [0.2, 0.25) is 5.02 Å². The van der Waals surface area contributed by atoms with Gasteiger partial charge in [0.05, 0.1) is 9.95 Å². The first-order chi connectivity index (χ1) is 8.97. The lowest BCUT2D eigenvalue weighted by Crippen LogP contribution is -1.93. The Hall–Kier alpha value is -1.64. The predicted molar refractivity (Wildman–Crippen MR) is 71.3 cm³/mol. The highest BCUT2D eigenvalue weighted by Gasteiger charge is 2.18. The van der Waals surface area contributed by atoms with Crippen molar-refractivity contribution in [1.82, 2.24) is 4.98 Å². The molecule has 0 atom stereocenters. The van der Waals surface area contributed by atoms with Crippen LogP contribution in [0.3, 0.4) is 0 Å². The van der Waals surface area contributed by atoms with Gasteiger partial charge >= 0.3 is 11.7 Å². The first kappa shape index (κ1) is 13.8. The Morgan fingerprint density at radius 3 is 2.84 bits per heavy atom. The molecule has 0 aromatic carbocycles. The van der Waals surface area contributed by atoms with Crippen LogP contribution < -0.4 is 0 Å². The molecular formula is C10H5ClN2O4S2. The molecule has 19 heavy (non-hydrogen) atoms. The van der Waals surface area contributed by atoms with Gasteiger partial charge in [-0.3, -0.25) is 10.1 Å². The normalized spacial score (nSPS) is 10.4. The Morgan fingerprint density at radius 2 is 2.26 bits per heavy atom. The van der Waals surface area contributed by atoms with Gasteiger partial charge < -0.3 is 5.11 Å². The lowest BCUT2D eigenvalue weighted by atomic mass is 10.4. The Morgan fingerprint density at radius 1 is 1.53 bits per heavy atom. The van der Waals surface area contributed by atoms with Gasteiger partial charge in [0.25, 0.3) is 0 Å². The first-order valence-corrected chi connectivity index (χ1v) is 6.84. The van der Waals surface area contributed by atoms with Crippen LogP contribution in [-0.4, -0.2) is 21.0 Å². The number of aromatic nitrogens is 1. The summed E-state index contributed by atoms with van der Waals surface area (Å²) in [7, 11) is 0. The van der Waals surface area contributed by atoms with Crippen LogP contribution in [0.5, 0.6) is 0 Å². The minimum absolute atomic E-state index is 0.166. The second-order valence-electron chi connectivity index (χ2n) is 3.29. The molecule has 0 saturated heterocycles. The van der Waals surface area contributed by atoms with E-state index in [0.29, 0.717) is 4.90 Å². The number of nitrogens with zero attached hydrogens (tertiary/aromatic N) is 2. The van der Waals surface area contributed by atoms with Crippen LogP contribution in [-0.2, 0) is 0 Å². The fraction of sp³-hybridized carbons (Fsp3) is 0. The Kier molecular flexibility index (Phi) is 4.03. The number of hydrogen-bond donors (Lipinski definition) is 1. The molecule has 0 radical (unpaired) electrons. The van der Waals surface area contributed by atoms with Crippen LogP contribution >= 0.6 is 34.7 Å². The standard InChI is InChI=1S/C10H5ClN2O4S2/c11-5-1-7(13(16)17)9(12-3-5)19-6-2-8(10(14)15)18-4-6/h1-4H,(H,14,15). The highest BCUT2D eigenvalue weighted by Crippen LogP contribution is 2.36. The zero-order valence-electron chi connectivity index (χ0n) is 9.07. The molecule has 0 unspecified atom stereocenters. The second kappa shape index (κ2) is 5.55. The Bertz CT molecular complexity index is 659. The van der Waals surface area contributed by atoms with E-state index in [1.165, 1.54) is 18.3 Å². The number of pyridine rings is 1. The van der Waals surface area contributed by atoms with Gasteiger partial charge in [-0.2, -0.15) is 0 Å². The van der Waals surface area contributed by atoms with E-state index in [4.69, 9.17) is 16.7 Å². The summed E-state index contributed by atoms with van der Waals surface area (Å²) in [5, 5.41) is 21.6. The third-order valence-corrected chi connectivity index (χ3v) is 4.25. The Labute approximate surface area is 120 Å². The number of rotatable bonds is 4. The summed E-state index contributed by atoms with van der Waals surface area (Å²) in [6, 6.07) is 2.65. The van der Waals surface area contributed by atoms with Crippen molar-refractivity contribution in [2.24, 2.45) is 0 Å². The number of aromatic carboxylic acids is 1. The summed E-state index contributed by atoms with van der Waals surface area (Å²) in [5.41, 5.74) is -0.208. The summed E-state index contributed by atoms with van der Waals surface area (Å²) in [4.78, 5) is 25.7. The van der Waals surface area contributed by atoms with E-state index in [0.717, 1.165) is 23.1 Å². The maximum absolute atomic E-state index is 10.9. The van der Waals surface area contributed by atoms with Gasteiger partial charge in [0, 0.05) is 22.5 Å². The van der Waals surface area contributed by atoms with Gasteiger partial charge in [-0.1, -0.05) is 23.4 Å². The quantitative estimate of drug-likeness (QED) is 0.684. The van der Waals surface area contributed by atoms with E-state index in [1.807, 2.05) is 0 Å². The van der Waals surface area contributed by atoms with E-state index in [-0.39, 0.29) is 20.6 Å². The van der Waals surface area contributed by atoms with E-state index >= 15 is 0 Å². The molecule has 2 aromatic rings. The van der Waals surface area contributed by atoms with Crippen molar-refractivity contribution in [1.29, 1.82) is 0 Å². The zero-order valence-corrected chi connectivity index (χ0v) is 11.5. The topological polar surface area (TPSA) is 93.3 Å². The summed E-state index contributed by atoms with van der Waals surface area (Å²) < 4.78 is 0. The van der Waals surface area contributed by atoms with Crippen molar-refractivity contribution in [2.45, 2.75) is 9.92 Å². The number of carboxylic acids is 1. The molecule has 0 aliphatic rings. The van der Waals surface area contributed by atoms with Gasteiger partial charge in [-0.05, 0) is 6.07 Å². The van der Waals surface area contributed by atoms with Crippen molar-refractivity contribution in [3.63, 3.8) is 0 Å². The van der Waals surface area contributed by atoms with Gasteiger partial charge in [0.2, 0.25) is 0 Å². The van der Waals surface area contributed by atoms with E-state index < -0.39 is 10.9 Å². The van der Waals surface area contributed by atoms with E-state index in [1.54, 1.807) is 5.38 Å². The van der Waals surface area contributed by atoms with Crippen LogP contribution in [0.1, 0.15) is 9.67 Å². The smallest absolute Gasteiger partial charge is 0.345 e. The molecule has 0 amide bonds. The maximum Gasteiger partial charge on any atom is 0.345 e. The molecule has 0 saturated carbocycles. The molecule has 0 spiro atoms. The number of carbonyl (C=O) groups is 1. The van der Waals surface area contributed by atoms with Crippen molar-refractivity contribution in [3.05, 3.63) is 43.7 Å². The maximum atomic E-state index is 10.9. The summed E-state index contributed by atoms with van der Waals surface area (Å²) in [6.07, 6.45) is 1.31. The molecular weight excluding hydrogens is 312 g/mol. The fourth-order valence-corrected chi connectivity index (χ4v) is 3.14. The Balaban J connectivity index is 2.32. The number of halogens is 1. The largest absolute Gasteiger partial charge is 0.477 e. The van der Waals surface area contributed by atoms with Crippen molar-refractivity contribution in [3.8, 4) is 0 Å². The summed E-state index contributed by atoms with van der Waals surface area (Å²) >= 11 is 7.73. The van der Waals surface area contributed by atoms with Crippen LogP contribution in [0, 0.1) is 10.1 Å². The molecule has 0 bridgehead atoms. The van der Waals surface area contributed by atoms with E-state index in [9.17, 15) is 14.9 Å². The van der Waals surface area contributed by atoms with Crippen LogP contribution in [0.4, 0.5) is 5.69 Å². The highest BCUT2D eigenvalue weighted by atomic mass is 35.5. The van der Waals surface area contributed by atoms with Gasteiger partial charge in [0.15, 0.2) is 5.03 Å². The zero-order chi connectivity index (χ0) is 14.0. The monoisotopic (exact) mass is 316 g/mol. The fourth-order valence-electron chi connectivity index (χ4n) is 1.22. The highest BCUT2D eigenvalue weighted by molar-refractivity contribution is 7.99. The van der Waals surface area contributed by atoms with Gasteiger partial charge in [-0.25, -0.2) is 9.78 Å². The van der Waals surface area contributed by atoms with Crippen molar-refractivity contribution in [2.75, 3.05) is 0 Å². The van der Waals surface area contributed by atoms with Crippen molar-refractivity contribution >= 4 is 46.4 Å². The number of carboxylic acid groups (broad SMARTS) is 1. The number of hydrogen-bond acceptors (Lipinski definition) is 6. The third-order valence-electron chi connectivity index (χ3n) is 2.00. The molecule has 2 aromatic heterocycles. The van der Waals surface area contributed by atoms with Gasteiger partial charge in [-0.15, -0.1) is 11.3 Å². The minimum atomic E-state index is -1.03. The molecule has 9 heteroatoms. The summed E-state index contributed by atoms with van der Waals surface area (Å²) in [5.74, 6) is -1.03. The average molecular weight is 317 g/mol. The predicted octanol–water partition coefficient (Wildman–Crippen LogP) is 3.55. The van der Waals surface area contributed by atoms with Crippen molar-refractivity contribution < 1.29 is 14.8 Å². The van der Waals surface area contributed by atoms with Crippen LogP contribution in [0.15, 0.2) is 33.6 Å². The lowest BCUT2D eigenvalue weighted by Gasteiger charge is -2.00. The summed E-state index contributed by atoms with van der Waals surface area (Å²) in [6.45, 7) is 0. The van der Waals surface area contributed by atoms with Gasteiger partial charge in [0.1, 0.15) is 4.88 Å². The lowest BCUT2D eigenvalue weighted by molar-refractivity contribution is -0.388. The number of nitro groups is 1. The molecule has 2 rings (SSSR count). The molecule has 98 valence electrons. The number of thiophene rings is 1. The second-order valence-corrected chi connectivity index (χ2v) is 5.70. The first-order valence-electron chi connectivity index (χ1n) is 4.77. The average Bonchev–Trinajstić information content (AvgIpc) is 2.80. The van der Waals surface area contributed by atoms with Crippen LogP contribution in [0.25, 0.3) is 0 Å². The molecule has 6 nitrogen and oxygen atoms in total.